The van der Waals surface area contributed by atoms with Crippen LogP contribution in [0.1, 0.15) is 19.8 Å². The normalized spacial score (nSPS) is 29.5. The van der Waals surface area contributed by atoms with Crippen molar-refractivity contribution >= 4 is 5.82 Å². The number of hydrogen-bond donors (Lipinski definition) is 1. The first-order chi connectivity index (χ1) is 11.2. The number of rotatable bonds is 3. The molecule has 0 unspecified atom stereocenters. The first-order valence-electron chi connectivity index (χ1n) is 8.44. The fourth-order valence-electron chi connectivity index (χ4n) is 4.05. The zero-order chi connectivity index (χ0) is 15.8. The zero-order valence-electron chi connectivity index (χ0n) is 13.4. The van der Waals surface area contributed by atoms with Gasteiger partial charge in [0.2, 0.25) is 0 Å². The highest BCUT2D eigenvalue weighted by Gasteiger charge is 2.39. The molecule has 120 valence electrons. The zero-order valence-corrected chi connectivity index (χ0v) is 13.4. The molecule has 3 saturated heterocycles. The van der Waals surface area contributed by atoms with E-state index in [2.05, 4.69) is 22.1 Å². The van der Waals surface area contributed by atoms with E-state index in [9.17, 15) is 4.39 Å². The molecule has 3 nitrogen and oxygen atoms in total. The maximum absolute atomic E-state index is 13.9. The maximum atomic E-state index is 13.9. The minimum absolute atomic E-state index is 0.207. The first-order valence-corrected chi connectivity index (χ1v) is 8.44. The monoisotopic (exact) mass is 311 g/mol. The van der Waals surface area contributed by atoms with E-state index in [4.69, 9.17) is 0 Å². The third kappa shape index (κ3) is 2.72. The second kappa shape index (κ2) is 5.93. The van der Waals surface area contributed by atoms with E-state index in [1.165, 1.54) is 32.0 Å². The molecule has 1 aromatic heterocycles. The van der Waals surface area contributed by atoms with Crippen molar-refractivity contribution in [2.45, 2.75) is 31.8 Å². The predicted molar refractivity (Wildman–Crippen MR) is 90.8 cm³/mol. The number of anilines is 1. The van der Waals surface area contributed by atoms with Crippen molar-refractivity contribution in [2.24, 2.45) is 5.92 Å². The molecule has 3 fully saturated rings. The summed E-state index contributed by atoms with van der Waals surface area (Å²) < 4.78 is 13.9. The highest BCUT2D eigenvalue weighted by molar-refractivity contribution is 5.64. The molecule has 0 aliphatic carbocycles. The van der Waals surface area contributed by atoms with Crippen LogP contribution in [0, 0.1) is 11.7 Å². The maximum Gasteiger partial charge on any atom is 0.131 e. The molecule has 5 rings (SSSR count). The fraction of sp³-hybridized carbons (Fsp3) is 0.421. The molecular weight excluding hydrogens is 289 g/mol. The molecule has 4 heteroatoms. The summed E-state index contributed by atoms with van der Waals surface area (Å²) in [6.45, 7) is 4.75. The minimum atomic E-state index is -0.207. The van der Waals surface area contributed by atoms with Crippen molar-refractivity contribution in [3.63, 3.8) is 0 Å². The van der Waals surface area contributed by atoms with Gasteiger partial charge in [-0.3, -0.25) is 4.90 Å². The van der Waals surface area contributed by atoms with Crippen LogP contribution in [0.4, 0.5) is 10.2 Å². The van der Waals surface area contributed by atoms with Crippen molar-refractivity contribution in [1.82, 2.24) is 9.88 Å². The van der Waals surface area contributed by atoms with E-state index in [1.807, 2.05) is 18.2 Å². The minimum Gasteiger partial charge on any atom is -0.365 e. The van der Waals surface area contributed by atoms with Crippen LogP contribution in [0.2, 0.25) is 0 Å². The Morgan fingerprint density at radius 3 is 2.57 bits per heavy atom. The number of piperidine rings is 3. The van der Waals surface area contributed by atoms with Crippen LogP contribution >= 0.6 is 0 Å². The Kier molecular flexibility index (Phi) is 3.77. The van der Waals surface area contributed by atoms with E-state index < -0.39 is 0 Å². The van der Waals surface area contributed by atoms with Crippen LogP contribution in [0.3, 0.4) is 0 Å². The van der Waals surface area contributed by atoms with Crippen molar-refractivity contribution in [3.05, 3.63) is 48.4 Å². The lowest BCUT2D eigenvalue weighted by atomic mass is 9.79. The summed E-state index contributed by atoms with van der Waals surface area (Å²) in [5, 5.41) is 3.61. The summed E-state index contributed by atoms with van der Waals surface area (Å²) in [4.78, 5) is 7.07. The molecule has 0 radical (unpaired) electrons. The molecule has 2 bridgehead atoms. The fourth-order valence-corrected chi connectivity index (χ4v) is 4.05. The molecule has 2 atom stereocenters. The number of benzene rings is 1. The van der Waals surface area contributed by atoms with Gasteiger partial charge in [0, 0.05) is 29.4 Å². The van der Waals surface area contributed by atoms with Gasteiger partial charge in [-0.2, -0.15) is 0 Å². The van der Waals surface area contributed by atoms with Crippen molar-refractivity contribution in [1.29, 1.82) is 0 Å². The summed E-state index contributed by atoms with van der Waals surface area (Å²) in [5.74, 6) is 1.42. The van der Waals surface area contributed by atoms with Crippen molar-refractivity contribution in [3.8, 4) is 11.1 Å². The molecule has 3 aliphatic rings. The predicted octanol–water partition coefficient (Wildman–Crippen LogP) is 3.78. The SMILES string of the molecule is C[C@@H]1[C@H](Nc2ccc(-c3ccccc3F)cn2)C2CCN1CC2. The van der Waals surface area contributed by atoms with Gasteiger partial charge in [-0.05, 0) is 57.0 Å². The summed E-state index contributed by atoms with van der Waals surface area (Å²) in [5.41, 5.74) is 1.42. The van der Waals surface area contributed by atoms with Gasteiger partial charge in [0.05, 0.1) is 0 Å². The highest BCUT2D eigenvalue weighted by Crippen LogP contribution is 2.34. The van der Waals surface area contributed by atoms with E-state index in [-0.39, 0.29) is 5.82 Å². The molecule has 3 aliphatic heterocycles. The number of nitrogens with one attached hydrogen (secondary N) is 1. The highest BCUT2D eigenvalue weighted by atomic mass is 19.1. The van der Waals surface area contributed by atoms with Gasteiger partial charge >= 0.3 is 0 Å². The van der Waals surface area contributed by atoms with Crippen LogP contribution in [0.25, 0.3) is 11.1 Å². The molecule has 0 saturated carbocycles. The molecule has 1 N–H and O–H groups in total. The van der Waals surface area contributed by atoms with Gasteiger partial charge in [-0.15, -0.1) is 0 Å². The van der Waals surface area contributed by atoms with Gasteiger partial charge < -0.3 is 5.32 Å². The summed E-state index contributed by atoms with van der Waals surface area (Å²) >= 11 is 0. The Morgan fingerprint density at radius 1 is 1.13 bits per heavy atom. The molecule has 1 aromatic carbocycles. The van der Waals surface area contributed by atoms with Gasteiger partial charge in [-0.1, -0.05) is 18.2 Å². The van der Waals surface area contributed by atoms with Crippen LogP contribution < -0.4 is 5.32 Å². The number of halogens is 1. The van der Waals surface area contributed by atoms with Gasteiger partial charge in [-0.25, -0.2) is 9.37 Å². The number of fused-ring (bicyclic) bond motifs is 3. The number of hydrogen-bond acceptors (Lipinski definition) is 3. The van der Waals surface area contributed by atoms with Crippen LogP contribution in [0.15, 0.2) is 42.6 Å². The molecule has 2 aromatic rings. The van der Waals surface area contributed by atoms with Gasteiger partial charge in [0.15, 0.2) is 0 Å². The smallest absolute Gasteiger partial charge is 0.131 e. The lowest BCUT2D eigenvalue weighted by Crippen LogP contribution is -2.59. The van der Waals surface area contributed by atoms with E-state index in [0.717, 1.165) is 17.3 Å². The summed E-state index contributed by atoms with van der Waals surface area (Å²) in [6, 6.07) is 11.7. The van der Waals surface area contributed by atoms with Crippen LogP contribution in [-0.2, 0) is 0 Å². The molecule has 4 heterocycles. The first kappa shape index (κ1) is 14.6. The third-order valence-corrected chi connectivity index (χ3v) is 5.44. The molecule has 0 amide bonds. The van der Waals surface area contributed by atoms with E-state index >= 15 is 0 Å². The average Bonchev–Trinajstić information content (AvgIpc) is 2.60. The van der Waals surface area contributed by atoms with Crippen LogP contribution in [0.5, 0.6) is 0 Å². The molecule has 23 heavy (non-hydrogen) atoms. The summed E-state index contributed by atoms with van der Waals surface area (Å²) in [7, 11) is 0. The van der Waals surface area contributed by atoms with E-state index in [1.54, 1.807) is 18.3 Å². The summed E-state index contributed by atoms with van der Waals surface area (Å²) in [6.07, 6.45) is 4.30. The topological polar surface area (TPSA) is 28.2 Å². The average molecular weight is 311 g/mol. The van der Waals surface area contributed by atoms with Gasteiger partial charge in [0.1, 0.15) is 11.6 Å². The van der Waals surface area contributed by atoms with Crippen LogP contribution in [-0.4, -0.2) is 35.1 Å². The molecule has 0 spiro atoms. The number of aromatic nitrogens is 1. The second-order valence-corrected chi connectivity index (χ2v) is 6.70. The van der Waals surface area contributed by atoms with Crippen molar-refractivity contribution < 1.29 is 4.39 Å². The largest absolute Gasteiger partial charge is 0.365 e. The Hall–Kier alpha value is -1.94. The van der Waals surface area contributed by atoms with E-state index in [0.29, 0.717) is 17.6 Å². The standard InChI is InChI=1S/C19H22FN3/c1-13-19(14-8-10-23(13)11-9-14)22-18-7-6-15(12-21-18)16-4-2-3-5-17(16)20/h2-7,12-14,19H,8-11H2,1H3,(H,21,22)/t13-,19+/m1/s1. The second-order valence-electron chi connectivity index (χ2n) is 6.70. The number of pyridine rings is 1. The Labute approximate surface area is 136 Å². The lowest BCUT2D eigenvalue weighted by Gasteiger charge is -2.50. The Bertz CT molecular complexity index is 675. The lowest BCUT2D eigenvalue weighted by molar-refractivity contribution is 0.0457. The van der Waals surface area contributed by atoms with Crippen molar-refractivity contribution in [2.75, 3.05) is 18.4 Å². The molecular formula is C19H22FN3. The Morgan fingerprint density at radius 2 is 1.91 bits per heavy atom. The number of nitrogens with zero attached hydrogens (tertiary/aromatic N) is 2. The van der Waals surface area contributed by atoms with Gasteiger partial charge in [0.25, 0.3) is 0 Å². The Balaban J connectivity index is 1.52. The third-order valence-electron chi connectivity index (χ3n) is 5.44. The quantitative estimate of drug-likeness (QED) is 0.935.